The van der Waals surface area contributed by atoms with E-state index in [2.05, 4.69) is 16.4 Å². The van der Waals surface area contributed by atoms with Crippen molar-refractivity contribution < 1.29 is 4.79 Å². The molecule has 1 N–H and O–H groups in total. The lowest BCUT2D eigenvalue weighted by Crippen LogP contribution is -2.29. The third kappa shape index (κ3) is 1.50. The summed E-state index contributed by atoms with van der Waals surface area (Å²) in [6, 6.07) is 4.00. The largest absolute Gasteiger partial charge is 0.359 e. The number of carbonyl (C=O) groups is 1. The van der Waals surface area contributed by atoms with Gasteiger partial charge in [0.25, 0.3) is 0 Å². The van der Waals surface area contributed by atoms with Crippen LogP contribution in [0.2, 0.25) is 0 Å². The Bertz CT molecular complexity index is 349. The summed E-state index contributed by atoms with van der Waals surface area (Å²) in [5, 5.41) is 2.70. The minimum absolute atomic E-state index is 0.0371. The van der Waals surface area contributed by atoms with E-state index in [1.165, 1.54) is 5.56 Å². The zero-order chi connectivity index (χ0) is 9.97. The van der Waals surface area contributed by atoms with Gasteiger partial charge >= 0.3 is 0 Å². The molecule has 1 aliphatic rings. The predicted octanol–water partition coefficient (Wildman–Crippen LogP) is 1.25. The second-order valence-electron chi connectivity index (χ2n) is 3.61. The van der Waals surface area contributed by atoms with Gasteiger partial charge in [-0.15, -0.1) is 0 Å². The average molecular weight is 190 g/mol. The number of pyridine rings is 1. The SMILES string of the molecule is CNC(=O)C1CCCc2cccnc21. The molecule has 0 saturated carbocycles. The van der Waals surface area contributed by atoms with Crippen molar-refractivity contribution in [2.75, 3.05) is 7.05 Å². The highest BCUT2D eigenvalue weighted by Gasteiger charge is 2.26. The Morgan fingerprint density at radius 1 is 1.64 bits per heavy atom. The molecule has 1 aromatic heterocycles. The van der Waals surface area contributed by atoms with E-state index in [1.54, 1.807) is 13.2 Å². The number of nitrogens with zero attached hydrogens (tertiary/aromatic N) is 1. The number of amides is 1. The van der Waals surface area contributed by atoms with Gasteiger partial charge < -0.3 is 5.32 Å². The van der Waals surface area contributed by atoms with Gasteiger partial charge in [-0.1, -0.05) is 6.07 Å². The average Bonchev–Trinajstić information content (AvgIpc) is 2.27. The van der Waals surface area contributed by atoms with Gasteiger partial charge in [0.05, 0.1) is 11.6 Å². The maximum absolute atomic E-state index is 11.6. The fourth-order valence-corrected chi connectivity index (χ4v) is 2.04. The standard InChI is InChI=1S/C11H14N2O/c1-12-11(14)9-6-2-4-8-5-3-7-13-10(8)9/h3,5,7,9H,2,4,6H2,1H3,(H,12,14). The number of nitrogens with one attached hydrogen (secondary N) is 1. The van der Waals surface area contributed by atoms with E-state index in [1.807, 2.05) is 6.07 Å². The molecular formula is C11H14N2O. The molecule has 0 fully saturated rings. The fraction of sp³-hybridized carbons (Fsp3) is 0.455. The van der Waals surface area contributed by atoms with Crippen molar-refractivity contribution >= 4 is 5.91 Å². The minimum atomic E-state index is -0.0371. The topological polar surface area (TPSA) is 42.0 Å². The molecule has 3 nitrogen and oxygen atoms in total. The van der Waals surface area contributed by atoms with E-state index >= 15 is 0 Å². The molecule has 0 spiro atoms. The van der Waals surface area contributed by atoms with Crippen LogP contribution in [0.5, 0.6) is 0 Å². The Morgan fingerprint density at radius 2 is 2.50 bits per heavy atom. The van der Waals surface area contributed by atoms with Crippen LogP contribution in [-0.2, 0) is 11.2 Å². The molecular weight excluding hydrogens is 176 g/mol. The highest BCUT2D eigenvalue weighted by molar-refractivity contribution is 5.83. The molecule has 1 aromatic rings. The van der Waals surface area contributed by atoms with E-state index in [9.17, 15) is 4.79 Å². The number of hydrogen-bond donors (Lipinski definition) is 1. The summed E-state index contributed by atoms with van der Waals surface area (Å²) < 4.78 is 0. The van der Waals surface area contributed by atoms with Crippen molar-refractivity contribution in [3.8, 4) is 0 Å². The quantitative estimate of drug-likeness (QED) is 0.724. The van der Waals surface area contributed by atoms with Crippen molar-refractivity contribution in [2.45, 2.75) is 25.2 Å². The maximum Gasteiger partial charge on any atom is 0.228 e. The number of likely N-dealkylation sites (N-methyl/N-ethyl adjacent to an activating group) is 1. The van der Waals surface area contributed by atoms with Crippen molar-refractivity contribution in [3.63, 3.8) is 0 Å². The molecule has 0 bridgehead atoms. The van der Waals surface area contributed by atoms with Crippen LogP contribution in [0.15, 0.2) is 18.3 Å². The van der Waals surface area contributed by atoms with Gasteiger partial charge in [0.2, 0.25) is 5.91 Å². The molecule has 1 heterocycles. The molecule has 1 aliphatic carbocycles. The van der Waals surface area contributed by atoms with Crippen molar-refractivity contribution in [3.05, 3.63) is 29.6 Å². The molecule has 14 heavy (non-hydrogen) atoms. The summed E-state index contributed by atoms with van der Waals surface area (Å²) in [7, 11) is 1.68. The Balaban J connectivity index is 2.35. The van der Waals surface area contributed by atoms with Gasteiger partial charge in [0, 0.05) is 13.2 Å². The van der Waals surface area contributed by atoms with Gasteiger partial charge in [-0.3, -0.25) is 9.78 Å². The normalized spacial score (nSPS) is 19.9. The molecule has 1 amide bonds. The van der Waals surface area contributed by atoms with Crippen LogP contribution in [0.25, 0.3) is 0 Å². The first-order valence-corrected chi connectivity index (χ1v) is 4.98. The number of fused-ring (bicyclic) bond motifs is 1. The van der Waals surface area contributed by atoms with Crippen LogP contribution in [0.3, 0.4) is 0 Å². The predicted molar refractivity (Wildman–Crippen MR) is 54.0 cm³/mol. The fourth-order valence-electron chi connectivity index (χ4n) is 2.04. The summed E-state index contributed by atoms with van der Waals surface area (Å²) in [5.74, 6) is 0.0506. The molecule has 1 unspecified atom stereocenters. The van der Waals surface area contributed by atoms with Gasteiger partial charge in [-0.2, -0.15) is 0 Å². The lowest BCUT2D eigenvalue weighted by molar-refractivity contribution is -0.122. The van der Waals surface area contributed by atoms with E-state index < -0.39 is 0 Å². The first-order chi connectivity index (χ1) is 6.83. The zero-order valence-electron chi connectivity index (χ0n) is 8.29. The lowest BCUT2D eigenvalue weighted by atomic mass is 9.86. The van der Waals surface area contributed by atoms with Crippen LogP contribution in [0.4, 0.5) is 0 Å². The van der Waals surface area contributed by atoms with Crippen LogP contribution in [-0.4, -0.2) is 17.9 Å². The lowest BCUT2D eigenvalue weighted by Gasteiger charge is -2.22. The third-order valence-corrected chi connectivity index (χ3v) is 2.76. The van der Waals surface area contributed by atoms with E-state index in [0.29, 0.717) is 0 Å². The van der Waals surface area contributed by atoms with Crippen LogP contribution in [0, 0.1) is 0 Å². The van der Waals surface area contributed by atoms with Crippen molar-refractivity contribution in [2.24, 2.45) is 0 Å². The van der Waals surface area contributed by atoms with Crippen LogP contribution >= 0.6 is 0 Å². The summed E-state index contributed by atoms with van der Waals surface area (Å²) in [6.45, 7) is 0. The zero-order valence-corrected chi connectivity index (χ0v) is 8.29. The number of carbonyl (C=O) groups excluding carboxylic acids is 1. The Hall–Kier alpha value is -1.38. The summed E-state index contributed by atoms with van der Waals surface area (Å²) >= 11 is 0. The van der Waals surface area contributed by atoms with E-state index in [0.717, 1.165) is 25.0 Å². The highest BCUT2D eigenvalue weighted by Crippen LogP contribution is 2.29. The number of aryl methyl sites for hydroxylation is 1. The second-order valence-corrected chi connectivity index (χ2v) is 3.61. The molecule has 3 heteroatoms. The first kappa shape index (κ1) is 9.19. The Labute approximate surface area is 83.5 Å². The van der Waals surface area contributed by atoms with Crippen LogP contribution < -0.4 is 5.32 Å². The minimum Gasteiger partial charge on any atom is -0.359 e. The van der Waals surface area contributed by atoms with Crippen molar-refractivity contribution in [1.82, 2.24) is 10.3 Å². The third-order valence-electron chi connectivity index (χ3n) is 2.76. The van der Waals surface area contributed by atoms with Crippen LogP contribution in [0.1, 0.15) is 30.0 Å². The summed E-state index contributed by atoms with van der Waals surface area (Å²) in [5.41, 5.74) is 2.20. The molecule has 2 rings (SSSR count). The highest BCUT2D eigenvalue weighted by atomic mass is 16.1. The number of hydrogen-bond acceptors (Lipinski definition) is 2. The number of rotatable bonds is 1. The van der Waals surface area contributed by atoms with E-state index in [-0.39, 0.29) is 11.8 Å². The van der Waals surface area contributed by atoms with Gasteiger partial charge in [0.1, 0.15) is 0 Å². The molecule has 0 aliphatic heterocycles. The monoisotopic (exact) mass is 190 g/mol. The maximum atomic E-state index is 11.6. The summed E-state index contributed by atoms with van der Waals surface area (Å²) in [4.78, 5) is 15.9. The molecule has 74 valence electrons. The Kier molecular flexibility index (Phi) is 2.48. The molecule has 0 saturated heterocycles. The van der Waals surface area contributed by atoms with E-state index in [4.69, 9.17) is 0 Å². The van der Waals surface area contributed by atoms with Gasteiger partial charge in [-0.05, 0) is 30.9 Å². The number of aromatic nitrogens is 1. The van der Waals surface area contributed by atoms with Gasteiger partial charge in [0.15, 0.2) is 0 Å². The van der Waals surface area contributed by atoms with Gasteiger partial charge in [-0.25, -0.2) is 0 Å². The smallest absolute Gasteiger partial charge is 0.228 e. The summed E-state index contributed by atoms with van der Waals surface area (Å²) in [6.07, 6.45) is 4.82. The molecule has 1 atom stereocenters. The first-order valence-electron chi connectivity index (χ1n) is 4.98. The second kappa shape index (κ2) is 3.78. The molecule has 0 aromatic carbocycles. The molecule has 0 radical (unpaired) electrons. The Morgan fingerprint density at radius 3 is 3.29 bits per heavy atom. The van der Waals surface area contributed by atoms with Crippen molar-refractivity contribution in [1.29, 1.82) is 0 Å².